The third-order valence-electron chi connectivity index (χ3n) is 4.16. The summed E-state index contributed by atoms with van der Waals surface area (Å²) < 4.78 is 0. The summed E-state index contributed by atoms with van der Waals surface area (Å²) in [5.41, 5.74) is 0.327. The molecule has 0 unspecified atom stereocenters. The predicted octanol–water partition coefficient (Wildman–Crippen LogP) is 1.39. The Morgan fingerprint density at radius 3 is 2.62 bits per heavy atom. The minimum absolute atomic E-state index is 0.248. The van der Waals surface area contributed by atoms with Gasteiger partial charge in [0.2, 0.25) is 0 Å². The molecule has 1 saturated heterocycles. The van der Waals surface area contributed by atoms with Crippen LogP contribution in [-0.2, 0) is 10.2 Å². The average Bonchev–Trinajstić information content (AvgIpc) is 2.90. The number of carbonyl (C=O) groups is 1. The van der Waals surface area contributed by atoms with Gasteiger partial charge < -0.3 is 10.4 Å². The van der Waals surface area contributed by atoms with Gasteiger partial charge in [0, 0.05) is 6.04 Å². The van der Waals surface area contributed by atoms with E-state index in [9.17, 15) is 9.90 Å². The Morgan fingerprint density at radius 2 is 2.12 bits per heavy atom. The van der Waals surface area contributed by atoms with Crippen LogP contribution in [0.25, 0.3) is 0 Å². The second kappa shape index (κ2) is 3.32. The molecule has 2 fully saturated rings. The fourth-order valence-electron chi connectivity index (χ4n) is 3.38. The Hall–Kier alpha value is -1.35. The van der Waals surface area contributed by atoms with Crippen LogP contribution in [-0.4, -0.2) is 23.7 Å². The molecule has 3 atom stereocenters. The van der Waals surface area contributed by atoms with E-state index in [2.05, 4.69) is 5.32 Å². The largest absolute Gasteiger partial charge is 0.481 e. The quantitative estimate of drug-likeness (QED) is 0.787. The lowest BCUT2D eigenvalue weighted by Crippen LogP contribution is -2.47. The van der Waals surface area contributed by atoms with Crippen LogP contribution >= 0.6 is 0 Å². The van der Waals surface area contributed by atoms with Gasteiger partial charge in [0.25, 0.3) is 0 Å². The van der Waals surface area contributed by atoms with E-state index < -0.39 is 11.4 Å². The molecule has 3 rings (SSSR count). The summed E-state index contributed by atoms with van der Waals surface area (Å²) in [5, 5.41) is 13.0. The molecule has 1 aromatic carbocycles. The summed E-state index contributed by atoms with van der Waals surface area (Å²) in [7, 11) is 0. The highest BCUT2D eigenvalue weighted by atomic mass is 16.4. The molecule has 84 valence electrons. The Labute approximate surface area is 94.5 Å². The maximum atomic E-state index is 11.7. The lowest BCUT2D eigenvalue weighted by Gasteiger charge is -2.34. The smallest absolute Gasteiger partial charge is 0.314 e. The molecule has 0 radical (unpaired) electrons. The van der Waals surface area contributed by atoms with Crippen LogP contribution in [0.3, 0.4) is 0 Å². The molecule has 1 aromatic rings. The standard InChI is InChI=1S/C13H15NO2/c15-12(16)13(9-4-2-1-3-5-9)7-11-6-10(13)8-14-11/h1-5,10-11,14H,6-8H2,(H,15,16)/t10-,11-,13+/m0/s1. The number of piperidine rings is 1. The van der Waals surface area contributed by atoms with Gasteiger partial charge in [0.05, 0.1) is 5.41 Å². The molecule has 1 aliphatic carbocycles. The number of hydrogen-bond donors (Lipinski definition) is 2. The molecule has 1 aliphatic heterocycles. The third-order valence-corrected chi connectivity index (χ3v) is 4.16. The van der Waals surface area contributed by atoms with Crippen molar-refractivity contribution in [3.63, 3.8) is 0 Å². The Bertz CT molecular complexity index is 417. The van der Waals surface area contributed by atoms with Gasteiger partial charge in [-0.3, -0.25) is 4.79 Å². The first kappa shape index (κ1) is 9.85. The van der Waals surface area contributed by atoms with E-state index >= 15 is 0 Å². The van der Waals surface area contributed by atoms with Gasteiger partial charge in [0.15, 0.2) is 0 Å². The van der Waals surface area contributed by atoms with Gasteiger partial charge in [0.1, 0.15) is 0 Å². The van der Waals surface area contributed by atoms with E-state index in [-0.39, 0.29) is 5.92 Å². The van der Waals surface area contributed by atoms with Gasteiger partial charge in [-0.15, -0.1) is 0 Å². The second-order valence-corrected chi connectivity index (χ2v) is 4.88. The van der Waals surface area contributed by atoms with Crippen molar-refractivity contribution in [1.82, 2.24) is 5.32 Å². The summed E-state index contributed by atoms with van der Waals surface area (Å²) in [4.78, 5) is 11.7. The van der Waals surface area contributed by atoms with Gasteiger partial charge in [-0.2, -0.15) is 0 Å². The number of aliphatic carboxylic acids is 1. The first-order chi connectivity index (χ1) is 7.73. The zero-order chi connectivity index (χ0) is 11.2. The van der Waals surface area contributed by atoms with Crippen LogP contribution in [0.5, 0.6) is 0 Å². The lowest BCUT2D eigenvalue weighted by molar-refractivity contribution is -0.145. The van der Waals surface area contributed by atoms with E-state index in [4.69, 9.17) is 0 Å². The molecule has 1 saturated carbocycles. The molecule has 2 N–H and O–H groups in total. The van der Waals surface area contributed by atoms with Gasteiger partial charge in [-0.25, -0.2) is 0 Å². The molecule has 3 nitrogen and oxygen atoms in total. The maximum absolute atomic E-state index is 11.7. The van der Waals surface area contributed by atoms with Crippen molar-refractivity contribution in [1.29, 1.82) is 0 Å². The number of benzene rings is 1. The Balaban J connectivity index is 2.08. The van der Waals surface area contributed by atoms with Crippen molar-refractivity contribution in [3.8, 4) is 0 Å². The van der Waals surface area contributed by atoms with Crippen molar-refractivity contribution in [3.05, 3.63) is 35.9 Å². The van der Waals surface area contributed by atoms with Crippen LogP contribution < -0.4 is 5.32 Å². The lowest BCUT2D eigenvalue weighted by atomic mass is 9.71. The average molecular weight is 217 g/mol. The van der Waals surface area contributed by atoms with Gasteiger partial charge >= 0.3 is 5.97 Å². The molecule has 2 aliphatic rings. The third kappa shape index (κ3) is 1.15. The van der Waals surface area contributed by atoms with Crippen molar-refractivity contribution in [2.24, 2.45) is 5.92 Å². The zero-order valence-corrected chi connectivity index (χ0v) is 9.02. The Morgan fingerprint density at radius 1 is 1.38 bits per heavy atom. The van der Waals surface area contributed by atoms with Crippen LogP contribution in [0.2, 0.25) is 0 Å². The normalized spacial score (nSPS) is 36.5. The number of carboxylic acids is 1. The molecular formula is C13H15NO2. The first-order valence-corrected chi connectivity index (χ1v) is 5.76. The SMILES string of the molecule is O=C(O)[C@@]1(c2ccccc2)C[C@@H]2C[C@H]1CN2. The number of hydrogen-bond acceptors (Lipinski definition) is 2. The molecule has 2 bridgehead atoms. The van der Waals surface area contributed by atoms with Crippen LogP contribution in [0.1, 0.15) is 18.4 Å². The maximum Gasteiger partial charge on any atom is 0.314 e. The van der Waals surface area contributed by atoms with E-state index in [1.807, 2.05) is 30.3 Å². The van der Waals surface area contributed by atoms with Crippen molar-refractivity contribution >= 4 is 5.97 Å². The first-order valence-electron chi connectivity index (χ1n) is 5.76. The predicted molar refractivity (Wildman–Crippen MR) is 60.3 cm³/mol. The molecule has 0 amide bonds. The van der Waals surface area contributed by atoms with E-state index in [1.165, 1.54) is 0 Å². The van der Waals surface area contributed by atoms with E-state index in [1.54, 1.807) is 0 Å². The fraction of sp³-hybridized carbons (Fsp3) is 0.462. The van der Waals surface area contributed by atoms with Gasteiger partial charge in [-0.05, 0) is 30.9 Å². The molecule has 0 spiro atoms. The van der Waals surface area contributed by atoms with Crippen LogP contribution in [0.4, 0.5) is 0 Å². The highest BCUT2D eigenvalue weighted by Crippen LogP contribution is 2.48. The molecule has 16 heavy (non-hydrogen) atoms. The highest BCUT2D eigenvalue weighted by Gasteiger charge is 2.56. The minimum Gasteiger partial charge on any atom is -0.481 e. The molecule has 0 aromatic heterocycles. The monoisotopic (exact) mass is 217 g/mol. The summed E-state index contributed by atoms with van der Waals surface area (Å²) in [6, 6.07) is 10.1. The van der Waals surface area contributed by atoms with Crippen molar-refractivity contribution < 1.29 is 9.90 Å². The number of fused-ring (bicyclic) bond motifs is 2. The van der Waals surface area contributed by atoms with Crippen molar-refractivity contribution in [2.45, 2.75) is 24.3 Å². The topological polar surface area (TPSA) is 49.3 Å². The molecular weight excluding hydrogens is 202 g/mol. The van der Waals surface area contributed by atoms with E-state index in [0.29, 0.717) is 6.04 Å². The van der Waals surface area contributed by atoms with Crippen molar-refractivity contribution in [2.75, 3.05) is 6.54 Å². The second-order valence-electron chi connectivity index (χ2n) is 4.88. The van der Waals surface area contributed by atoms with E-state index in [0.717, 1.165) is 24.9 Å². The summed E-state index contributed by atoms with van der Waals surface area (Å²) in [5.74, 6) is -0.412. The zero-order valence-electron chi connectivity index (χ0n) is 9.02. The minimum atomic E-state index is -0.660. The molecule has 1 heterocycles. The number of rotatable bonds is 2. The number of nitrogens with one attached hydrogen (secondary N) is 1. The highest BCUT2D eigenvalue weighted by molar-refractivity contribution is 5.83. The fourth-order valence-corrected chi connectivity index (χ4v) is 3.38. The molecule has 3 heteroatoms. The number of carboxylic acid groups (broad SMARTS) is 1. The summed E-state index contributed by atoms with van der Waals surface area (Å²) in [6.45, 7) is 0.839. The van der Waals surface area contributed by atoms with Crippen LogP contribution in [0, 0.1) is 5.92 Å². The summed E-state index contributed by atoms with van der Waals surface area (Å²) in [6.07, 6.45) is 1.73. The summed E-state index contributed by atoms with van der Waals surface area (Å²) >= 11 is 0. The Kier molecular flexibility index (Phi) is 2.04. The van der Waals surface area contributed by atoms with Gasteiger partial charge in [-0.1, -0.05) is 30.3 Å². The van der Waals surface area contributed by atoms with Crippen LogP contribution in [0.15, 0.2) is 30.3 Å².